The summed E-state index contributed by atoms with van der Waals surface area (Å²) in [6.45, 7) is -1.17. The van der Waals surface area contributed by atoms with Gasteiger partial charge in [-0.2, -0.15) is 13.2 Å². The molecule has 16 heavy (non-hydrogen) atoms. The van der Waals surface area contributed by atoms with Gasteiger partial charge < -0.3 is 5.73 Å². The van der Waals surface area contributed by atoms with Crippen LogP contribution in [0.2, 0.25) is 5.02 Å². The molecule has 0 aromatic heterocycles. The second-order valence-electron chi connectivity index (χ2n) is 3.12. The molecule has 1 aromatic rings. The zero-order valence-corrected chi connectivity index (χ0v) is 8.54. The summed E-state index contributed by atoms with van der Waals surface area (Å²) in [6.07, 6.45) is -4.68. The monoisotopic (exact) mass is 259 g/mol. The van der Waals surface area contributed by atoms with Gasteiger partial charge in [-0.3, -0.25) is 0 Å². The summed E-state index contributed by atoms with van der Waals surface area (Å²) in [5, 5.41) is -0.728. The molecule has 0 aliphatic rings. The van der Waals surface area contributed by atoms with E-state index >= 15 is 0 Å². The molecule has 7 heteroatoms. The third kappa shape index (κ3) is 2.62. The Kier molecular flexibility index (Phi) is 3.75. The molecule has 0 saturated carbocycles. The van der Waals surface area contributed by atoms with Gasteiger partial charge in [0.05, 0.1) is 16.6 Å². The Morgan fingerprint density at radius 3 is 2.31 bits per heavy atom. The van der Waals surface area contributed by atoms with Crippen molar-refractivity contribution in [3.63, 3.8) is 0 Å². The third-order valence-corrected chi connectivity index (χ3v) is 2.22. The van der Waals surface area contributed by atoms with E-state index in [1.165, 1.54) is 0 Å². The van der Waals surface area contributed by atoms with Crippen LogP contribution in [-0.2, 0) is 6.18 Å². The van der Waals surface area contributed by atoms with E-state index in [0.717, 1.165) is 0 Å². The quantitative estimate of drug-likeness (QED) is 0.809. The molecule has 0 amide bonds. The van der Waals surface area contributed by atoms with Crippen LogP contribution in [0, 0.1) is 5.82 Å². The first-order valence-corrected chi connectivity index (χ1v) is 4.53. The number of halogens is 6. The Morgan fingerprint density at radius 1 is 1.31 bits per heavy atom. The highest BCUT2D eigenvalue weighted by Gasteiger charge is 2.32. The molecule has 2 N–H and O–H groups in total. The van der Waals surface area contributed by atoms with E-state index in [-0.39, 0.29) is 0 Å². The number of alkyl halides is 4. The van der Waals surface area contributed by atoms with Crippen LogP contribution < -0.4 is 5.73 Å². The van der Waals surface area contributed by atoms with Crippen molar-refractivity contribution in [3.8, 4) is 0 Å². The summed E-state index contributed by atoms with van der Waals surface area (Å²) < 4.78 is 62.5. The summed E-state index contributed by atoms with van der Waals surface area (Å²) in [7, 11) is 0. The zero-order chi connectivity index (χ0) is 12.5. The van der Waals surface area contributed by atoms with E-state index in [9.17, 15) is 22.0 Å². The molecule has 1 aromatic carbocycles. The zero-order valence-electron chi connectivity index (χ0n) is 7.78. The van der Waals surface area contributed by atoms with Crippen molar-refractivity contribution in [1.82, 2.24) is 0 Å². The molecule has 1 atom stereocenters. The minimum Gasteiger partial charge on any atom is -0.322 e. The molecule has 0 spiro atoms. The summed E-state index contributed by atoms with van der Waals surface area (Å²) in [5.41, 5.74) is 3.40. The Hall–Kier alpha value is -0.880. The van der Waals surface area contributed by atoms with Crippen molar-refractivity contribution in [3.05, 3.63) is 34.1 Å². The summed E-state index contributed by atoms with van der Waals surface area (Å²) in [5.74, 6) is -1.13. The van der Waals surface area contributed by atoms with Crippen LogP contribution in [0.1, 0.15) is 17.2 Å². The van der Waals surface area contributed by atoms with Crippen molar-refractivity contribution in [2.45, 2.75) is 12.2 Å². The lowest BCUT2D eigenvalue weighted by Gasteiger charge is -2.14. The van der Waals surface area contributed by atoms with Gasteiger partial charge in [-0.15, -0.1) is 0 Å². The fourth-order valence-corrected chi connectivity index (χ4v) is 1.35. The predicted octanol–water partition coefficient (Wildman–Crippen LogP) is 3.47. The standard InChI is InChI=1S/C9H7ClF5N/c10-6-2-4(9(13,14)15)1-5(8(6)12)7(16)3-11/h1-2,7H,3,16H2/t7-/m1/s1. The van der Waals surface area contributed by atoms with Crippen molar-refractivity contribution in [2.75, 3.05) is 6.67 Å². The van der Waals surface area contributed by atoms with Gasteiger partial charge in [0.25, 0.3) is 0 Å². The summed E-state index contributed by atoms with van der Waals surface area (Å²) in [4.78, 5) is 0. The largest absolute Gasteiger partial charge is 0.416 e. The van der Waals surface area contributed by atoms with Gasteiger partial charge in [-0.25, -0.2) is 8.78 Å². The molecule has 0 heterocycles. The first kappa shape index (κ1) is 13.2. The molecular formula is C9H7ClF5N. The molecule has 1 rings (SSSR count). The lowest BCUT2D eigenvalue weighted by Crippen LogP contribution is -2.16. The van der Waals surface area contributed by atoms with E-state index < -0.39 is 40.9 Å². The molecule has 0 bridgehead atoms. The molecule has 1 nitrogen and oxygen atoms in total. The Balaban J connectivity index is 3.33. The van der Waals surface area contributed by atoms with Gasteiger partial charge >= 0.3 is 6.18 Å². The molecule has 0 aliphatic heterocycles. The Morgan fingerprint density at radius 2 is 1.88 bits per heavy atom. The van der Waals surface area contributed by atoms with Gasteiger partial charge in [-0.05, 0) is 12.1 Å². The smallest absolute Gasteiger partial charge is 0.322 e. The first-order chi connectivity index (χ1) is 7.27. The fourth-order valence-electron chi connectivity index (χ4n) is 1.13. The van der Waals surface area contributed by atoms with Crippen LogP contribution in [0.4, 0.5) is 22.0 Å². The lowest BCUT2D eigenvalue weighted by molar-refractivity contribution is -0.137. The van der Waals surface area contributed by atoms with Gasteiger partial charge in [0.2, 0.25) is 0 Å². The Labute approximate surface area is 93.0 Å². The van der Waals surface area contributed by atoms with E-state index in [4.69, 9.17) is 17.3 Å². The lowest BCUT2D eigenvalue weighted by atomic mass is 10.0. The third-order valence-electron chi connectivity index (χ3n) is 1.95. The number of benzene rings is 1. The average molecular weight is 260 g/mol. The number of hydrogen-bond donors (Lipinski definition) is 1. The molecule has 0 aliphatic carbocycles. The normalized spacial score (nSPS) is 13.9. The van der Waals surface area contributed by atoms with Crippen LogP contribution in [0.25, 0.3) is 0 Å². The van der Waals surface area contributed by atoms with Gasteiger partial charge in [-0.1, -0.05) is 11.6 Å². The molecule has 0 saturated heterocycles. The molecular weight excluding hydrogens is 253 g/mol. The van der Waals surface area contributed by atoms with Crippen molar-refractivity contribution >= 4 is 11.6 Å². The van der Waals surface area contributed by atoms with Crippen LogP contribution >= 0.6 is 11.6 Å². The minimum absolute atomic E-state index is 0.436. The van der Waals surface area contributed by atoms with Gasteiger partial charge in [0.15, 0.2) is 0 Å². The van der Waals surface area contributed by atoms with Crippen molar-refractivity contribution in [1.29, 1.82) is 0 Å². The second kappa shape index (κ2) is 4.55. The highest BCUT2D eigenvalue weighted by molar-refractivity contribution is 6.30. The minimum atomic E-state index is -4.68. The highest BCUT2D eigenvalue weighted by Crippen LogP contribution is 2.34. The van der Waals surface area contributed by atoms with Crippen LogP contribution in [0.3, 0.4) is 0 Å². The molecule has 90 valence electrons. The number of hydrogen-bond acceptors (Lipinski definition) is 1. The van der Waals surface area contributed by atoms with Crippen LogP contribution in [0.15, 0.2) is 12.1 Å². The maximum absolute atomic E-state index is 13.3. The topological polar surface area (TPSA) is 26.0 Å². The van der Waals surface area contributed by atoms with E-state index in [2.05, 4.69) is 0 Å². The summed E-state index contributed by atoms with van der Waals surface area (Å²) >= 11 is 5.27. The molecule has 0 radical (unpaired) electrons. The predicted molar refractivity (Wildman–Crippen MR) is 49.3 cm³/mol. The van der Waals surface area contributed by atoms with E-state index in [1.807, 2.05) is 0 Å². The number of nitrogens with two attached hydrogens (primary N) is 1. The van der Waals surface area contributed by atoms with Crippen LogP contribution in [0.5, 0.6) is 0 Å². The number of rotatable bonds is 2. The molecule has 0 fully saturated rings. The van der Waals surface area contributed by atoms with Gasteiger partial charge in [0, 0.05) is 5.56 Å². The Bertz CT molecular complexity index is 390. The van der Waals surface area contributed by atoms with Gasteiger partial charge in [0.1, 0.15) is 12.5 Å². The second-order valence-corrected chi connectivity index (χ2v) is 3.53. The van der Waals surface area contributed by atoms with E-state index in [1.54, 1.807) is 0 Å². The van der Waals surface area contributed by atoms with Crippen LogP contribution in [-0.4, -0.2) is 6.67 Å². The maximum Gasteiger partial charge on any atom is 0.416 e. The molecule has 0 unspecified atom stereocenters. The van der Waals surface area contributed by atoms with E-state index in [0.29, 0.717) is 12.1 Å². The SMILES string of the molecule is N[C@H](CF)c1cc(C(F)(F)F)cc(Cl)c1F. The maximum atomic E-state index is 13.3. The average Bonchev–Trinajstić information content (AvgIpc) is 2.19. The first-order valence-electron chi connectivity index (χ1n) is 4.15. The summed E-state index contributed by atoms with van der Waals surface area (Å²) in [6, 6.07) is -0.559. The van der Waals surface area contributed by atoms with Crippen molar-refractivity contribution in [2.24, 2.45) is 5.73 Å². The fraction of sp³-hybridized carbons (Fsp3) is 0.333. The van der Waals surface area contributed by atoms with Crippen molar-refractivity contribution < 1.29 is 22.0 Å². The highest BCUT2D eigenvalue weighted by atomic mass is 35.5.